The number of aliphatic hydroxyl groups is 2. The normalized spacial score (nSPS) is 17.2. The van der Waals surface area contributed by atoms with Crippen molar-refractivity contribution < 1.29 is 36.2 Å². The molecular weight excluding hydrogens is 240 g/mol. The van der Waals surface area contributed by atoms with Crippen LogP contribution in [-0.4, -0.2) is 70.1 Å². The zero-order valence-electron chi connectivity index (χ0n) is 6.02. The predicted molar refractivity (Wildman–Crippen MR) is 37.2 cm³/mol. The number of hydrogen-bond acceptors (Lipinski definition) is 8. The van der Waals surface area contributed by atoms with E-state index in [4.69, 9.17) is 10.2 Å². The molecular formula is C2H4MgO8S2. The molecule has 0 spiro atoms. The van der Waals surface area contributed by atoms with E-state index >= 15 is 0 Å². The minimum absolute atomic E-state index is 0. The molecule has 0 fully saturated rings. The molecule has 13 heavy (non-hydrogen) atoms. The average Bonchev–Trinajstić information content (AvgIpc) is 1.80. The Kier molecular flexibility index (Phi) is 5.93. The van der Waals surface area contributed by atoms with Gasteiger partial charge in [-0.25, -0.2) is 16.8 Å². The van der Waals surface area contributed by atoms with Crippen LogP contribution in [-0.2, 0) is 20.2 Å². The Morgan fingerprint density at radius 3 is 1.08 bits per heavy atom. The van der Waals surface area contributed by atoms with E-state index in [9.17, 15) is 25.9 Å². The summed E-state index contributed by atoms with van der Waals surface area (Å²) >= 11 is 0. The Morgan fingerprint density at radius 1 is 0.846 bits per heavy atom. The van der Waals surface area contributed by atoms with Gasteiger partial charge >= 0.3 is 23.1 Å². The first-order valence-electron chi connectivity index (χ1n) is 2.32. The average molecular weight is 244 g/mol. The summed E-state index contributed by atoms with van der Waals surface area (Å²) < 4.78 is 59.1. The Morgan fingerprint density at radius 2 is 1.00 bits per heavy atom. The number of hydrogen-bond donors (Lipinski definition) is 2. The van der Waals surface area contributed by atoms with Crippen molar-refractivity contribution in [1.29, 1.82) is 0 Å². The van der Waals surface area contributed by atoms with E-state index in [1.165, 1.54) is 0 Å². The van der Waals surface area contributed by atoms with Gasteiger partial charge in [0.15, 0.2) is 10.9 Å². The van der Waals surface area contributed by atoms with Crippen molar-refractivity contribution in [3.05, 3.63) is 0 Å². The first-order chi connectivity index (χ1) is 5.07. The molecule has 0 saturated carbocycles. The van der Waals surface area contributed by atoms with Gasteiger partial charge in [-0.15, -0.1) is 0 Å². The fourth-order valence-corrected chi connectivity index (χ4v) is 1.67. The van der Waals surface area contributed by atoms with Crippen molar-refractivity contribution in [3.63, 3.8) is 0 Å². The molecule has 0 aliphatic heterocycles. The van der Waals surface area contributed by atoms with E-state index in [0.717, 1.165) is 0 Å². The Hall–Kier alpha value is 0.506. The van der Waals surface area contributed by atoms with Gasteiger partial charge < -0.3 is 19.3 Å². The maximum atomic E-state index is 9.85. The van der Waals surface area contributed by atoms with Gasteiger partial charge in [0, 0.05) is 0 Å². The van der Waals surface area contributed by atoms with Crippen LogP contribution in [0.5, 0.6) is 0 Å². The fourth-order valence-electron chi connectivity index (χ4n) is 0.285. The smallest absolute Gasteiger partial charge is 0.746 e. The van der Waals surface area contributed by atoms with Gasteiger partial charge in [-0.05, 0) is 0 Å². The minimum atomic E-state index is -5.41. The predicted octanol–water partition coefficient (Wildman–Crippen LogP) is -3.67. The molecule has 0 aromatic rings. The quantitative estimate of drug-likeness (QED) is 0.380. The van der Waals surface area contributed by atoms with E-state index in [1.54, 1.807) is 0 Å². The number of aliphatic hydroxyl groups excluding tert-OH is 2. The van der Waals surface area contributed by atoms with Crippen LogP contribution in [0, 0.1) is 0 Å². The maximum absolute atomic E-state index is 9.85. The first-order valence-corrected chi connectivity index (χ1v) is 5.26. The van der Waals surface area contributed by atoms with Crippen LogP contribution >= 0.6 is 0 Å². The third kappa shape index (κ3) is 5.07. The zero-order chi connectivity index (χ0) is 10.2. The Labute approximate surface area is 90.2 Å². The van der Waals surface area contributed by atoms with Gasteiger partial charge in [-0.1, -0.05) is 0 Å². The van der Waals surface area contributed by atoms with Crippen molar-refractivity contribution in [1.82, 2.24) is 0 Å². The summed E-state index contributed by atoms with van der Waals surface area (Å²) in [6.07, 6.45) is 0. The molecule has 0 aliphatic carbocycles. The van der Waals surface area contributed by atoms with Crippen molar-refractivity contribution in [2.24, 2.45) is 0 Å². The van der Waals surface area contributed by atoms with Crippen LogP contribution in [0.2, 0.25) is 0 Å². The van der Waals surface area contributed by atoms with Crippen LogP contribution in [0.15, 0.2) is 0 Å². The van der Waals surface area contributed by atoms with Crippen molar-refractivity contribution in [2.75, 3.05) is 0 Å². The van der Waals surface area contributed by atoms with E-state index in [1.807, 2.05) is 0 Å². The summed E-state index contributed by atoms with van der Waals surface area (Å²) in [6, 6.07) is 0. The fraction of sp³-hybridized carbons (Fsp3) is 1.00. The summed E-state index contributed by atoms with van der Waals surface area (Å²) in [6.45, 7) is 0. The molecule has 2 atom stereocenters. The van der Waals surface area contributed by atoms with Crippen LogP contribution in [0.4, 0.5) is 0 Å². The van der Waals surface area contributed by atoms with Crippen LogP contribution in [0.3, 0.4) is 0 Å². The molecule has 0 aliphatic rings. The van der Waals surface area contributed by atoms with E-state index in [-0.39, 0.29) is 23.1 Å². The Balaban J connectivity index is 0. The molecule has 0 amide bonds. The van der Waals surface area contributed by atoms with Gasteiger partial charge in [-0.2, -0.15) is 0 Å². The van der Waals surface area contributed by atoms with Crippen molar-refractivity contribution in [3.8, 4) is 0 Å². The molecule has 0 rings (SSSR count). The molecule has 0 aromatic heterocycles. The standard InChI is InChI=1S/C2H6O8S2.Mg/c3-1(11(5,6)7)2(4)12(8,9)10;/h1-4H,(H,5,6,7)(H,8,9,10);/q;+2/p-2. The zero-order valence-corrected chi connectivity index (χ0v) is 9.07. The second-order valence-electron chi connectivity index (χ2n) is 1.77. The van der Waals surface area contributed by atoms with E-state index in [0.29, 0.717) is 0 Å². The van der Waals surface area contributed by atoms with Crippen molar-refractivity contribution in [2.45, 2.75) is 10.9 Å². The molecule has 0 saturated heterocycles. The third-order valence-electron chi connectivity index (χ3n) is 0.835. The summed E-state index contributed by atoms with van der Waals surface area (Å²) in [5, 5.41) is 16.5. The second-order valence-corrected chi connectivity index (χ2v) is 4.70. The van der Waals surface area contributed by atoms with Crippen LogP contribution in [0.25, 0.3) is 0 Å². The van der Waals surface area contributed by atoms with Gasteiger partial charge in [-0.3, -0.25) is 0 Å². The molecule has 0 bridgehead atoms. The van der Waals surface area contributed by atoms with E-state index < -0.39 is 31.1 Å². The molecule has 0 heterocycles. The summed E-state index contributed by atoms with van der Waals surface area (Å²) in [4.78, 5) is 0. The first kappa shape index (κ1) is 16.0. The third-order valence-corrected chi connectivity index (χ3v) is 2.71. The molecule has 0 radical (unpaired) electrons. The van der Waals surface area contributed by atoms with Gasteiger partial charge in [0.25, 0.3) is 0 Å². The largest absolute Gasteiger partial charge is 2.00 e. The Bertz CT molecular complexity index is 304. The summed E-state index contributed by atoms with van der Waals surface area (Å²) in [5.41, 5.74) is -6.31. The topological polar surface area (TPSA) is 155 Å². The van der Waals surface area contributed by atoms with E-state index in [2.05, 4.69) is 0 Å². The SMILES string of the molecule is O=S(=O)([O-])C(O)C(O)S(=O)(=O)[O-].[Mg+2]. The van der Waals surface area contributed by atoms with Gasteiger partial charge in [0.05, 0.1) is 0 Å². The van der Waals surface area contributed by atoms with Crippen molar-refractivity contribution >= 4 is 43.3 Å². The summed E-state index contributed by atoms with van der Waals surface area (Å²) in [5.74, 6) is 0. The molecule has 74 valence electrons. The van der Waals surface area contributed by atoms with Crippen LogP contribution < -0.4 is 0 Å². The molecule has 8 nitrogen and oxygen atoms in total. The molecule has 0 aromatic carbocycles. The monoisotopic (exact) mass is 244 g/mol. The molecule has 2 unspecified atom stereocenters. The van der Waals surface area contributed by atoms with Gasteiger partial charge in [0.1, 0.15) is 20.2 Å². The minimum Gasteiger partial charge on any atom is -0.746 e. The second kappa shape index (κ2) is 4.83. The summed E-state index contributed by atoms with van der Waals surface area (Å²) in [7, 11) is -10.8. The maximum Gasteiger partial charge on any atom is 2.00 e. The number of rotatable bonds is 3. The molecule has 11 heteroatoms. The molecule has 2 N–H and O–H groups in total. The van der Waals surface area contributed by atoms with Gasteiger partial charge in [0.2, 0.25) is 0 Å². The van der Waals surface area contributed by atoms with Crippen LogP contribution in [0.1, 0.15) is 0 Å².